The first-order chi connectivity index (χ1) is 14.8. The highest BCUT2D eigenvalue weighted by molar-refractivity contribution is 7.92. The number of anilines is 2. The molecule has 31 heavy (non-hydrogen) atoms. The van der Waals surface area contributed by atoms with Crippen LogP contribution in [0.15, 0.2) is 53.4 Å². The molecule has 0 spiro atoms. The maximum atomic E-state index is 12.9. The topological polar surface area (TPSA) is 84.4 Å². The molecule has 0 amide bonds. The molecule has 1 aromatic heterocycles. The lowest BCUT2D eigenvalue weighted by molar-refractivity contribution is 0.122. The third-order valence-electron chi connectivity index (χ3n) is 4.90. The largest absolute Gasteiger partial charge is 0.378 e. The van der Waals surface area contributed by atoms with Crippen LogP contribution in [0.4, 0.5) is 11.5 Å². The molecular formula is C21H20Cl2N4O3S. The lowest BCUT2D eigenvalue weighted by atomic mass is 10.1. The molecule has 162 valence electrons. The van der Waals surface area contributed by atoms with Gasteiger partial charge in [-0.2, -0.15) is 0 Å². The Morgan fingerprint density at radius 1 is 1.00 bits per heavy atom. The average Bonchev–Trinajstić information content (AvgIpc) is 2.77. The minimum atomic E-state index is -3.90. The van der Waals surface area contributed by atoms with E-state index >= 15 is 0 Å². The molecule has 3 aromatic rings. The maximum Gasteiger partial charge on any atom is 0.263 e. The summed E-state index contributed by atoms with van der Waals surface area (Å²) in [6.07, 6.45) is 0. The zero-order valence-electron chi connectivity index (χ0n) is 16.7. The molecule has 0 radical (unpaired) electrons. The van der Waals surface area contributed by atoms with Crippen LogP contribution < -0.4 is 9.62 Å². The fourth-order valence-corrected chi connectivity index (χ4v) is 5.11. The molecule has 0 atom stereocenters. The number of halogens is 2. The summed E-state index contributed by atoms with van der Waals surface area (Å²) in [5.41, 5.74) is 2.38. The molecule has 1 N–H and O–H groups in total. The Morgan fingerprint density at radius 2 is 1.77 bits per heavy atom. The number of nitrogens with zero attached hydrogens (tertiary/aromatic N) is 3. The van der Waals surface area contributed by atoms with E-state index < -0.39 is 10.0 Å². The Kier molecular flexibility index (Phi) is 6.34. The summed E-state index contributed by atoms with van der Waals surface area (Å²) in [7, 11) is -3.90. The molecule has 7 nitrogen and oxygen atoms in total. The number of sulfonamides is 1. The number of aromatic nitrogens is 2. The summed E-state index contributed by atoms with van der Waals surface area (Å²) in [5.74, 6) is 0.789. The zero-order chi connectivity index (χ0) is 22.0. The monoisotopic (exact) mass is 478 g/mol. The molecule has 1 saturated heterocycles. The van der Waals surface area contributed by atoms with Crippen LogP contribution in [0.5, 0.6) is 0 Å². The molecule has 0 aliphatic carbocycles. The normalized spacial score (nSPS) is 14.5. The van der Waals surface area contributed by atoms with Gasteiger partial charge in [0.05, 0.1) is 23.9 Å². The summed E-state index contributed by atoms with van der Waals surface area (Å²) < 4.78 is 33.7. The fourth-order valence-electron chi connectivity index (χ4n) is 3.23. The van der Waals surface area contributed by atoms with Crippen LogP contribution >= 0.6 is 23.2 Å². The van der Waals surface area contributed by atoms with Crippen LogP contribution in [0.3, 0.4) is 0 Å². The number of aryl methyl sites for hydroxylation is 1. The van der Waals surface area contributed by atoms with E-state index in [2.05, 4.69) is 19.8 Å². The van der Waals surface area contributed by atoms with E-state index in [-0.39, 0.29) is 9.92 Å². The minimum absolute atomic E-state index is 0.0314. The summed E-state index contributed by atoms with van der Waals surface area (Å²) in [4.78, 5) is 2.08. The predicted molar refractivity (Wildman–Crippen MR) is 123 cm³/mol. The van der Waals surface area contributed by atoms with Crippen molar-refractivity contribution in [2.75, 3.05) is 35.9 Å². The number of rotatable bonds is 5. The van der Waals surface area contributed by atoms with Gasteiger partial charge in [0.2, 0.25) is 0 Å². The Labute approximate surface area is 191 Å². The summed E-state index contributed by atoms with van der Waals surface area (Å²) in [5, 5.41) is 9.09. The molecule has 10 heteroatoms. The van der Waals surface area contributed by atoms with Crippen molar-refractivity contribution in [2.45, 2.75) is 11.8 Å². The average molecular weight is 479 g/mol. The first-order valence-corrected chi connectivity index (χ1v) is 11.8. The van der Waals surface area contributed by atoms with Crippen molar-refractivity contribution in [1.29, 1.82) is 0 Å². The van der Waals surface area contributed by atoms with E-state index in [4.69, 9.17) is 27.9 Å². The van der Waals surface area contributed by atoms with E-state index in [1.165, 1.54) is 12.1 Å². The third-order valence-corrected chi connectivity index (χ3v) is 7.15. The van der Waals surface area contributed by atoms with Gasteiger partial charge in [-0.15, -0.1) is 10.2 Å². The molecular weight excluding hydrogens is 459 g/mol. The molecule has 1 aliphatic heterocycles. The second kappa shape index (κ2) is 9.00. The van der Waals surface area contributed by atoms with Gasteiger partial charge in [-0.1, -0.05) is 35.3 Å². The molecule has 0 unspecified atom stereocenters. The third kappa shape index (κ3) is 4.93. The number of hydrogen-bond acceptors (Lipinski definition) is 6. The number of morpholine rings is 1. The Morgan fingerprint density at radius 3 is 2.48 bits per heavy atom. The first kappa shape index (κ1) is 21.8. The fraction of sp³-hybridized carbons (Fsp3) is 0.238. The van der Waals surface area contributed by atoms with Gasteiger partial charge in [0.1, 0.15) is 4.90 Å². The quantitative estimate of drug-likeness (QED) is 0.584. The lowest BCUT2D eigenvalue weighted by Crippen LogP contribution is -2.36. The molecule has 2 aromatic carbocycles. The van der Waals surface area contributed by atoms with Crippen LogP contribution in [0.2, 0.25) is 10.0 Å². The predicted octanol–water partition coefficient (Wildman–Crippen LogP) is 4.40. The molecule has 2 heterocycles. The van der Waals surface area contributed by atoms with Crippen molar-refractivity contribution < 1.29 is 13.2 Å². The zero-order valence-corrected chi connectivity index (χ0v) is 19.0. The number of nitrogens with one attached hydrogen (secondary N) is 1. The van der Waals surface area contributed by atoms with Gasteiger partial charge in [-0.25, -0.2) is 8.42 Å². The highest BCUT2D eigenvalue weighted by Gasteiger charge is 2.20. The smallest absolute Gasteiger partial charge is 0.263 e. The van der Waals surface area contributed by atoms with Crippen molar-refractivity contribution >= 4 is 44.7 Å². The van der Waals surface area contributed by atoms with E-state index in [1.54, 1.807) is 25.1 Å². The van der Waals surface area contributed by atoms with Gasteiger partial charge in [0.25, 0.3) is 10.0 Å². The summed E-state index contributed by atoms with van der Waals surface area (Å²) in [6, 6.07) is 13.6. The highest BCUT2D eigenvalue weighted by atomic mass is 35.5. The van der Waals surface area contributed by atoms with Crippen molar-refractivity contribution in [2.24, 2.45) is 0 Å². The van der Waals surface area contributed by atoms with E-state index in [9.17, 15) is 8.42 Å². The highest BCUT2D eigenvalue weighted by Crippen LogP contribution is 2.30. The number of benzene rings is 2. The van der Waals surface area contributed by atoms with Gasteiger partial charge in [-0.3, -0.25) is 4.72 Å². The minimum Gasteiger partial charge on any atom is -0.378 e. The van der Waals surface area contributed by atoms with Crippen LogP contribution in [0.25, 0.3) is 11.3 Å². The molecule has 0 saturated carbocycles. The van der Waals surface area contributed by atoms with Gasteiger partial charge in [-0.05, 0) is 48.9 Å². The number of hydrogen-bond donors (Lipinski definition) is 1. The number of ether oxygens (including phenoxy) is 1. The van der Waals surface area contributed by atoms with Crippen LogP contribution in [-0.2, 0) is 14.8 Å². The van der Waals surface area contributed by atoms with Crippen molar-refractivity contribution in [3.8, 4) is 11.3 Å². The van der Waals surface area contributed by atoms with Crippen molar-refractivity contribution in [1.82, 2.24) is 10.2 Å². The Bertz CT molecular complexity index is 1200. The van der Waals surface area contributed by atoms with E-state index in [0.717, 1.165) is 24.5 Å². The summed E-state index contributed by atoms with van der Waals surface area (Å²) >= 11 is 12.1. The van der Waals surface area contributed by atoms with Gasteiger partial charge < -0.3 is 9.64 Å². The van der Waals surface area contributed by atoms with E-state index in [1.807, 2.05) is 18.2 Å². The van der Waals surface area contributed by atoms with E-state index in [0.29, 0.717) is 35.2 Å². The molecule has 1 aliphatic rings. The van der Waals surface area contributed by atoms with Gasteiger partial charge in [0.15, 0.2) is 5.82 Å². The van der Waals surface area contributed by atoms with Crippen LogP contribution in [0.1, 0.15) is 5.56 Å². The Hall–Kier alpha value is -2.39. The van der Waals surface area contributed by atoms with Gasteiger partial charge in [0, 0.05) is 29.4 Å². The van der Waals surface area contributed by atoms with Crippen molar-refractivity contribution in [3.63, 3.8) is 0 Å². The second-order valence-corrected chi connectivity index (χ2v) is 9.56. The maximum absolute atomic E-state index is 12.9. The SMILES string of the molecule is Cc1cc(S(=O)(=O)Nc2cccc(-c3ccc(N4CCOCC4)nn3)c2)c(Cl)cc1Cl. The van der Waals surface area contributed by atoms with Crippen LogP contribution in [-0.4, -0.2) is 44.9 Å². The van der Waals surface area contributed by atoms with Crippen molar-refractivity contribution in [3.05, 3.63) is 64.1 Å². The molecule has 0 bridgehead atoms. The standard InChI is InChI=1S/C21H20Cl2N4O3S/c1-14-11-20(18(23)13-17(14)22)31(28,29)26-16-4-2-3-15(12-16)19-5-6-21(25-24-19)27-7-9-30-10-8-27/h2-6,11-13,26H,7-10H2,1H3. The van der Waals surface area contributed by atoms with Crippen LogP contribution in [0, 0.1) is 6.92 Å². The Balaban J connectivity index is 1.56. The summed E-state index contributed by atoms with van der Waals surface area (Å²) in [6.45, 7) is 4.61. The van der Waals surface area contributed by atoms with Gasteiger partial charge >= 0.3 is 0 Å². The lowest BCUT2D eigenvalue weighted by Gasteiger charge is -2.27. The molecule has 4 rings (SSSR count). The second-order valence-electron chi connectivity index (χ2n) is 7.09. The first-order valence-electron chi connectivity index (χ1n) is 9.59. The molecule has 1 fully saturated rings.